The Morgan fingerprint density at radius 1 is 1.25 bits per heavy atom. The van der Waals surface area contributed by atoms with E-state index in [4.69, 9.17) is 10.2 Å². The summed E-state index contributed by atoms with van der Waals surface area (Å²) in [7, 11) is 0. The van der Waals surface area contributed by atoms with Crippen LogP contribution in [-0.4, -0.2) is 35.4 Å². The number of benzene rings is 1. The maximum atomic E-state index is 11.7. The SMILES string of the molecule is CC(C(=O)NC(CO)CO)c1ccccc1. The zero-order valence-electron chi connectivity index (χ0n) is 9.26. The summed E-state index contributed by atoms with van der Waals surface area (Å²) in [5.41, 5.74) is 0.912. The van der Waals surface area contributed by atoms with Crippen LogP contribution in [0.4, 0.5) is 0 Å². The van der Waals surface area contributed by atoms with Crippen LogP contribution < -0.4 is 5.32 Å². The molecule has 0 saturated carbocycles. The molecular formula is C12H17NO3. The molecule has 0 aliphatic carbocycles. The van der Waals surface area contributed by atoms with Crippen LogP contribution in [0.3, 0.4) is 0 Å². The lowest BCUT2D eigenvalue weighted by molar-refractivity contribution is -0.123. The molecular weight excluding hydrogens is 206 g/mol. The second-order valence-corrected chi connectivity index (χ2v) is 3.70. The topological polar surface area (TPSA) is 69.6 Å². The summed E-state index contributed by atoms with van der Waals surface area (Å²) in [6.45, 7) is 1.27. The summed E-state index contributed by atoms with van der Waals surface area (Å²) in [6, 6.07) is 8.79. The van der Waals surface area contributed by atoms with E-state index in [1.165, 1.54) is 0 Å². The largest absolute Gasteiger partial charge is 0.394 e. The third-order valence-electron chi connectivity index (χ3n) is 2.48. The maximum Gasteiger partial charge on any atom is 0.227 e. The Bertz CT molecular complexity index is 322. The van der Waals surface area contributed by atoms with Crippen LogP contribution in [-0.2, 0) is 4.79 Å². The first-order valence-electron chi connectivity index (χ1n) is 5.26. The Kier molecular flexibility index (Phi) is 4.95. The van der Waals surface area contributed by atoms with Gasteiger partial charge in [-0.15, -0.1) is 0 Å². The summed E-state index contributed by atoms with van der Waals surface area (Å²) >= 11 is 0. The van der Waals surface area contributed by atoms with E-state index in [0.717, 1.165) is 5.56 Å². The van der Waals surface area contributed by atoms with Crippen LogP contribution in [0.2, 0.25) is 0 Å². The first-order chi connectivity index (χ1) is 7.69. The monoisotopic (exact) mass is 223 g/mol. The van der Waals surface area contributed by atoms with Gasteiger partial charge in [0.05, 0.1) is 25.2 Å². The van der Waals surface area contributed by atoms with Crippen LogP contribution in [0.25, 0.3) is 0 Å². The van der Waals surface area contributed by atoms with Gasteiger partial charge in [0.1, 0.15) is 0 Å². The van der Waals surface area contributed by atoms with E-state index >= 15 is 0 Å². The highest BCUT2D eigenvalue weighted by atomic mass is 16.3. The minimum Gasteiger partial charge on any atom is -0.394 e. The first-order valence-corrected chi connectivity index (χ1v) is 5.26. The fourth-order valence-electron chi connectivity index (χ4n) is 1.37. The predicted octanol–water partition coefficient (Wildman–Crippen LogP) is 0.259. The van der Waals surface area contributed by atoms with Crippen LogP contribution in [0.5, 0.6) is 0 Å². The van der Waals surface area contributed by atoms with Crippen molar-refractivity contribution in [3.05, 3.63) is 35.9 Å². The molecule has 3 N–H and O–H groups in total. The first kappa shape index (κ1) is 12.7. The second kappa shape index (κ2) is 6.25. The lowest BCUT2D eigenvalue weighted by Gasteiger charge is -2.17. The molecule has 1 aromatic rings. The summed E-state index contributed by atoms with van der Waals surface area (Å²) in [5, 5.41) is 20.3. The summed E-state index contributed by atoms with van der Waals surface area (Å²) < 4.78 is 0. The van der Waals surface area contributed by atoms with Crippen molar-refractivity contribution in [2.75, 3.05) is 13.2 Å². The van der Waals surface area contributed by atoms with Crippen LogP contribution in [0.15, 0.2) is 30.3 Å². The van der Waals surface area contributed by atoms with E-state index < -0.39 is 6.04 Å². The zero-order valence-corrected chi connectivity index (χ0v) is 9.26. The van der Waals surface area contributed by atoms with E-state index in [0.29, 0.717) is 0 Å². The number of aliphatic hydroxyl groups is 2. The molecule has 1 rings (SSSR count). The van der Waals surface area contributed by atoms with Gasteiger partial charge in [0.25, 0.3) is 0 Å². The van der Waals surface area contributed by atoms with Gasteiger partial charge in [-0.1, -0.05) is 30.3 Å². The molecule has 4 heteroatoms. The molecule has 0 radical (unpaired) electrons. The molecule has 1 aromatic carbocycles. The molecule has 0 aliphatic heterocycles. The van der Waals surface area contributed by atoms with E-state index in [9.17, 15) is 4.79 Å². The normalized spacial score (nSPS) is 12.5. The molecule has 1 unspecified atom stereocenters. The molecule has 0 saturated heterocycles. The second-order valence-electron chi connectivity index (χ2n) is 3.70. The van der Waals surface area contributed by atoms with Gasteiger partial charge in [-0.05, 0) is 12.5 Å². The molecule has 1 atom stereocenters. The molecule has 0 aliphatic rings. The summed E-state index contributed by atoms with van der Waals surface area (Å²) in [5.74, 6) is -0.485. The fraction of sp³-hybridized carbons (Fsp3) is 0.417. The quantitative estimate of drug-likeness (QED) is 0.670. The molecule has 88 valence electrons. The van der Waals surface area contributed by atoms with Crippen molar-refractivity contribution in [3.63, 3.8) is 0 Å². The summed E-state index contributed by atoms with van der Waals surface area (Å²) in [4.78, 5) is 11.7. The van der Waals surface area contributed by atoms with Gasteiger partial charge in [-0.25, -0.2) is 0 Å². The minimum absolute atomic E-state index is 0.195. The van der Waals surface area contributed by atoms with E-state index in [1.54, 1.807) is 6.92 Å². The van der Waals surface area contributed by atoms with E-state index in [2.05, 4.69) is 5.32 Å². The van der Waals surface area contributed by atoms with E-state index in [1.807, 2.05) is 30.3 Å². The van der Waals surface area contributed by atoms with Crippen LogP contribution in [0, 0.1) is 0 Å². The molecule has 0 aromatic heterocycles. The molecule has 0 spiro atoms. The van der Waals surface area contributed by atoms with Crippen molar-refractivity contribution in [2.45, 2.75) is 18.9 Å². The van der Waals surface area contributed by atoms with Gasteiger partial charge in [0.2, 0.25) is 5.91 Å². The van der Waals surface area contributed by atoms with Gasteiger partial charge >= 0.3 is 0 Å². The van der Waals surface area contributed by atoms with Crippen molar-refractivity contribution in [2.24, 2.45) is 0 Å². The van der Waals surface area contributed by atoms with Crippen LogP contribution in [0.1, 0.15) is 18.4 Å². The Hall–Kier alpha value is -1.39. The Morgan fingerprint density at radius 2 is 1.81 bits per heavy atom. The van der Waals surface area contributed by atoms with Gasteiger partial charge in [-0.2, -0.15) is 0 Å². The highest BCUT2D eigenvalue weighted by Crippen LogP contribution is 2.14. The smallest absolute Gasteiger partial charge is 0.227 e. The Labute approximate surface area is 94.9 Å². The number of aliphatic hydroxyl groups excluding tert-OH is 2. The van der Waals surface area contributed by atoms with E-state index in [-0.39, 0.29) is 25.0 Å². The number of rotatable bonds is 5. The van der Waals surface area contributed by atoms with Gasteiger partial charge in [-0.3, -0.25) is 4.79 Å². The lowest BCUT2D eigenvalue weighted by Crippen LogP contribution is -2.42. The number of hydrogen-bond donors (Lipinski definition) is 3. The van der Waals surface area contributed by atoms with Crippen molar-refractivity contribution < 1.29 is 15.0 Å². The van der Waals surface area contributed by atoms with Gasteiger partial charge in [0, 0.05) is 0 Å². The minimum atomic E-state index is -0.585. The highest BCUT2D eigenvalue weighted by Gasteiger charge is 2.17. The standard InChI is InChI=1S/C12H17NO3/c1-9(10-5-3-2-4-6-10)12(16)13-11(7-14)8-15/h2-6,9,11,14-15H,7-8H2,1H3,(H,13,16). The third kappa shape index (κ3) is 3.32. The fourth-order valence-corrected chi connectivity index (χ4v) is 1.37. The van der Waals surface area contributed by atoms with Crippen molar-refractivity contribution >= 4 is 5.91 Å². The molecule has 4 nitrogen and oxygen atoms in total. The summed E-state index contributed by atoms with van der Waals surface area (Å²) in [6.07, 6.45) is 0. The van der Waals surface area contributed by atoms with Crippen LogP contribution >= 0.6 is 0 Å². The lowest BCUT2D eigenvalue weighted by atomic mass is 10.0. The highest BCUT2D eigenvalue weighted by molar-refractivity contribution is 5.83. The number of carbonyl (C=O) groups excluding carboxylic acids is 1. The average Bonchev–Trinajstić information content (AvgIpc) is 2.35. The Morgan fingerprint density at radius 3 is 2.31 bits per heavy atom. The number of amides is 1. The zero-order chi connectivity index (χ0) is 12.0. The number of carbonyl (C=O) groups is 1. The molecule has 0 heterocycles. The molecule has 0 bridgehead atoms. The molecule has 1 amide bonds. The maximum absolute atomic E-state index is 11.7. The van der Waals surface area contributed by atoms with Gasteiger partial charge in [0.15, 0.2) is 0 Å². The van der Waals surface area contributed by atoms with Gasteiger partial charge < -0.3 is 15.5 Å². The average molecular weight is 223 g/mol. The Balaban J connectivity index is 2.61. The third-order valence-corrected chi connectivity index (χ3v) is 2.48. The molecule has 0 fully saturated rings. The van der Waals surface area contributed by atoms with Crippen molar-refractivity contribution in [3.8, 4) is 0 Å². The number of nitrogens with one attached hydrogen (secondary N) is 1. The van der Waals surface area contributed by atoms with Crippen molar-refractivity contribution in [1.29, 1.82) is 0 Å². The molecule has 16 heavy (non-hydrogen) atoms. The van der Waals surface area contributed by atoms with Crippen molar-refractivity contribution in [1.82, 2.24) is 5.32 Å². The number of hydrogen-bond acceptors (Lipinski definition) is 3. The predicted molar refractivity (Wildman–Crippen MR) is 61.0 cm³/mol.